The second-order valence-electron chi connectivity index (χ2n) is 4.60. The third kappa shape index (κ3) is 4.28. The first kappa shape index (κ1) is 14.4. The first-order valence-corrected chi connectivity index (χ1v) is 6.48. The Hall–Kier alpha value is -1.71. The van der Waals surface area contributed by atoms with Gasteiger partial charge in [0, 0.05) is 24.5 Å². The molecule has 1 aromatic rings. The van der Waals surface area contributed by atoms with Gasteiger partial charge in [-0.1, -0.05) is 20.3 Å². The van der Waals surface area contributed by atoms with Gasteiger partial charge in [-0.05, 0) is 37.1 Å². The summed E-state index contributed by atoms with van der Waals surface area (Å²) in [5.74, 6) is 0.516. The van der Waals surface area contributed by atoms with Gasteiger partial charge < -0.3 is 16.0 Å². The molecule has 0 saturated carbocycles. The van der Waals surface area contributed by atoms with Crippen LogP contribution in [0.25, 0.3) is 0 Å². The van der Waals surface area contributed by atoms with E-state index in [2.05, 4.69) is 19.2 Å². The molecule has 0 spiro atoms. The van der Waals surface area contributed by atoms with Crippen molar-refractivity contribution in [3.63, 3.8) is 0 Å². The number of nitrogens with two attached hydrogens (primary N) is 1. The van der Waals surface area contributed by atoms with E-state index in [9.17, 15) is 4.79 Å². The molecule has 1 unspecified atom stereocenters. The summed E-state index contributed by atoms with van der Waals surface area (Å²) in [7, 11) is 0. The Labute approximate surface area is 109 Å². The Balaban J connectivity index is 2.59. The molecule has 4 heteroatoms. The average Bonchev–Trinajstić information content (AvgIpc) is 2.38. The van der Waals surface area contributed by atoms with Crippen LogP contribution in [-0.4, -0.2) is 24.0 Å². The molecule has 0 aliphatic rings. The molecular formula is C14H23N3O. The number of hydrogen-bond acceptors (Lipinski definition) is 2. The average molecular weight is 249 g/mol. The third-order valence-electron chi connectivity index (χ3n) is 3.06. The minimum atomic E-state index is -0.0532. The zero-order valence-electron chi connectivity index (χ0n) is 11.4. The maximum absolute atomic E-state index is 12.1. The standard InChI is InChI=1S/C14H23N3O/c1-4-11(3)10-17(5-2)14(18)16-13-8-6-12(15)7-9-13/h6-9,11H,4-5,10,15H2,1-3H3,(H,16,18). The molecule has 0 saturated heterocycles. The van der Waals surface area contributed by atoms with Gasteiger partial charge in [0.15, 0.2) is 0 Å². The predicted molar refractivity (Wildman–Crippen MR) is 76.6 cm³/mol. The van der Waals surface area contributed by atoms with Gasteiger partial charge in [0.05, 0.1) is 0 Å². The molecule has 1 aromatic carbocycles. The van der Waals surface area contributed by atoms with E-state index in [0.29, 0.717) is 18.2 Å². The molecule has 1 rings (SSSR count). The Morgan fingerprint density at radius 2 is 1.94 bits per heavy atom. The number of carbonyl (C=O) groups excluding carboxylic acids is 1. The monoisotopic (exact) mass is 249 g/mol. The summed E-state index contributed by atoms with van der Waals surface area (Å²) in [4.78, 5) is 13.9. The Morgan fingerprint density at radius 3 is 2.44 bits per heavy atom. The van der Waals surface area contributed by atoms with Crippen LogP contribution in [0.5, 0.6) is 0 Å². The molecule has 18 heavy (non-hydrogen) atoms. The van der Waals surface area contributed by atoms with Gasteiger partial charge in [-0.25, -0.2) is 4.79 Å². The summed E-state index contributed by atoms with van der Waals surface area (Å²) >= 11 is 0. The number of hydrogen-bond donors (Lipinski definition) is 2. The molecule has 0 aromatic heterocycles. The van der Waals surface area contributed by atoms with Crippen molar-refractivity contribution < 1.29 is 4.79 Å². The first-order valence-electron chi connectivity index (χ1n) is 6.48. The SMILES string of the molecule is CCC(C)CN(CC)C(=O)Nc1ccc(N)cc1. The number of carbonyl (C=O) groups is 1. The molecule has 0 aliphatic heterocycles. The highest BCUT2D eigenvalue weighted by atomic mass is 16.2. The van der Waals surface area contributed by atoms with Crippen molar-refractivity contribution in [1.29, 1.82) is 0 Å². The maximum atomic E-state index is 12.1. The van der Waals surface area contributed by atoms with Crippen molar-refractivity contribution in [2.75, 3.05) is 24.1 Å². The molecule has 100 valence electrons. The van der Waals surface area contributed by atoms with Crippen LogP contribution in [0, 0.1) is 5.92 Å². The number of amides is 2. The zero-order chi connectivity index (χ0) is 13.5. The predicted octanol–water partition coefficient (Wildman–Crippen LogP) is 3.17. The highest BCUT2D eigenvalue weighted by molar-refractivity contribution is 5.89. The molecule has 1 atom stereocenters. The third-order valence-corrected chi connectivity index (χ3v) is 3.06. The largest absolute Gasteiger partial charge is 0.399 e. The highest BCUT2D eigenvalue weighted by Crippen LogP contribution is 2.12. The fraction of sp³-hybridized carbons (Fsp3) is 0.500. The van der Waals surface area contributed by atoms with Gasteiger partial charge in [0.25, 0.3) is 0 Å². The van der Waals surface area contributed by atoms with Gasteiger partial charge in [0.2, 0.25) is 0 Å². The molecule has 0 bridgehead atoms. The van der Waals surface area contributed by atoms with Gasteiger partial charge in [0.1, 0.15) is 0 Å². The van der Waals surface area contributed by atoms with Crippen LogP contribution in [0.15, 0.2) is 24.3 Å². The molecule has 0 fully saturated rings. The van der Waals surface area contributed by atoms with E-state index in [-0.39, 0.29) is 6.03 Å². The van der Waals surface area contributed by atoms with Gasteiger partial charge in [-0.3, -0.25) is 0 Å². The van der Waals surface area contributed by atoms with Crippen LogP contribution in [0.4, 0.5) is 16.2 Å². The number of rotatable bonds is 5. The van der Waals surface area contributed by atoms with Gasteiger partial charge in [-0.2, -0.15) is 0 Å². The van der Waals surface area contributed by atoms with Crippen LogP contribution in [0.2, 0.25) is 0 Å². The van der Waals surface area contributed by atoms with Crippen LogP contribution < -0.4 is 11.1 Å². The van der Waals surface area contributed by atoms with Crippen molar-refractivity contribution in [3.05, 3.63) is 24.3 Å². The normalized spacial score (nSPS) is 11.9. The van der Waals surface area contributed by atoms with Gasteiger partial charge >= 0.3 is 6.03 Å². The number of nitrogens with one attached hydrogen (secondary N) is 1. The Bertz CT molecular complexity index is 375. The topological polar surface area (TPSA) is 58.4 Å². The number of nitrogen functional groups attached to an aromatic ring is 1. The first-order chi connectivity index (χ1) is 8.56. The summed E-state index contributed by atoms with van der Waals surface area (Å²) in [5.41, 5.74) is 7.07. The fourth-order valence-corrected chi connectivity index (χ4v) is 1.63. The maximum Gasteiger partial charge on any atom is 0.321 e. The van der Waals surface area contributed by atoms with Crippen LogP contribution in [0.3, 0.4) is 0 Å². The minimum Gasteiger partial charge on any atom is -0.399 e. The number of urea groups is 1. The lowest BCUT2D eigenvalue weighted by molar-refractivity contribution is 0.205. The molecule has 3 N–H and O–H groups in total. The molecule has 2 amide bonds. The van der Waals surface area contributed by atoms with Crippen molar-refractivity contribution >= 4 is 17.4 Å². The van der Waals surface area contributed by atoms with Crippen LogP contribution in [0.1, 0.15) is 27.2 Å². The highest BCUT2D eigenvalue weighted by Gasteiger charge is 2.13. The summed E-state index contributed by atoms with van der Waals surface area (Å²) in [6.45, 7) is 7.78. The van der Waals surface area contributed by atoms with E-state index in [1.807, 2.05) is 24.0 Å². The smallest absolute Gasteiger partial charge is 0.321 e. The van der Waals surface area contributed by atoms with E-state index >= 15 is 0 Å². The molecule has 0 radical (unpaired) electrons. The van der Waals surface area contributed by atoms with E-state index in [4.69, 9.17) is 5.73 Å². The summed E-state index contributed by atoms with van der Waals surface area (Å²) < 4.78 is 0. The summed E-state index contributed by atoms with van der Waals surface area (Å²) in [6, 6.07) is 7.12. The fourth-order valence-electron chi connectivity index (χ4n) is 1.63. The molecular weight excluding hydrogens is 226 g/mol. The lowest BCUT2D eigenvalue weighted by Crippen LogP contribution is -2.37. The molecule has 0 heterocycles. The molecule has 4 nitrogen and oxygen atoms in total. The Kier molecular flexibility index (Phi) is 5.49. The van der Waals surface area contributed by atoms with Crippen molar-refractivity contribution in [3.8, 4) is 0 Å². The van der Waals surface area contributed by atoms with Crippen LogP contribution in [-0.2, 0) is 0 Å². The Morgan fingerprint density at radius 1 is 1.33 bits per heavy atom. The summed E-state index contributed by atoms with van der Waals surface area (Å²) in [6.07, 6.45) is 1.08. The van der Waals surface area contributed by atoms with Gasteiger partial charge in [-0.15, -0.1) is 0 Å². The second-order valence-corrected chi connectivity index (χ2v) is 4.60. The lowest BCUT2D eigenvalue weighted by atomic mass is 10.1. The number of nitrogens with zero attached hydrogens (tertiary/aromatic N) is 1. The van der Waals surface area contributed by atoms with Crippen molar-refractivity contribution in [2.24, 2.45) is 5.92 Å². The zero-order valence-corrected chi connectivity index (χ0v) is 11.4. The quantitative estimate of drug-likeness (QED) is 0.787. The van der Waals surface area contributed by atoms with E-state index in [0.717, 1.165) is 18.7 Å². The van der Waals surface area contributed by atoms with E-state index < -0.39 is 0 Å². The van der Waals surface area contributed by atoms with Crippen molar-refractivity contribution in [2.45, 2.75) is 27.2 Å². The second kappa shape index (κ2) is 6.89. The molecule has 0 aliphatic carbocycles. The van der Waals surface area contributed by atoms with Crippen molar-refractivity contribution in [1.82, 2.24) is 4.90 Å². The number of anilines is 2. The lowest BCUT2D eigenvalue weighted by Gasteiger charge is -2.24. The van der Waals surface area contributed by atoms with E-state index in [1.165, 1.54) is 0 Å². The number of benzene rings is 1. The minimum absolute atomic E-state index is 0.0532. The summed E-state index contributed by atoms with van der Waals surface area (Å²) in [5, 5.41) is 2.88. The van der Waals surface area contributed by atoms with Crippen LogP contribution >= 0.6 is 0 Å². The van der Waals surface area contributed by atoms with E-state index in [1.54, 1.807) is 12.1 Å².